The molecule has 0 unspecified atom stereocenters. The number of carbonyl (C=O) groups is 1. The van der Waals surface area contributed by atoms with Gasteiger partial charge in [0.1, 0.15) is 10.7 Å². The minimum atomic E-state index is -4.33. The maximum Gasteiger partial charge on any atom is 0.337 e. The second-order valence-electron chi connectivity index (χ2n) is 4.65. The molecule has 2 rings (SSSR count). The summed E-state index contributed by atoms with van der Waals surface area (Å²) in [7, 11) is -3.22. The first-order valence-electron chi connectivity index (χ1n) is 6.68. The predicted molar refractivity (Wildman–Crippen MR) is 86.9 cm³/mol. The molecule has 0 amide bonds. The van der Waals surface area contributed by atoms with Gasteiger partial charge in [-0.3, -0.25) is 4.72 Å². The van der Waals surface area contributed by atoms with Gasteiger partial charge in [-0.25, -0.2) is 17.6 Å². The number of hydrogen-bond donors (Lipinski definition) is 1. The first-order chi connectivity index (χ1) is 11.7. The summed E-state index contributed by atoms with van der Waals surface area (Å²) in [6, 6.07) is 7.92. The lowest BCUT2D eigenvalue weighted by Gasteiger charge is -2.10. The summed E-state index contributed by atoms with van der Waals surface area (Å²) in [4.78, 5) is 11.0. The largest absolute Gasteiger partial charge is 0.465 e. The topological polar surface area (TPSA) is 72.5 Å². The molecule has 10 heteroatoms. The number of alkyl halides is 2. The summed E-state index contributed by atoms with van der Waals surface area (Å²) in [5.74, 6) is -4.47. The fraction of sp³-hybridized carbons (Fsp3) is 0.133. The molecule has 0 fully saturated rings. The molecule has 0 heterocycles. The third-order valence-corrected chi connectivity index (χ3v) is 5.09. The zero-order chi connectivity index (χ0) is 18.6. The Bertz CT molecular complexity index is 871. The highest BCUT2D eigenvalue weighted by Crippen LogP contribution is 2.27. The average molecular weight is 391 g/mol. The molecule has 0 saturated heterocycles. The van der Waals surface area contributed by atoms with Gasteiger partial charge < -0.3 is 4.74 Å². The second-order valence-corrected chi connectivity index (χ2v) is 7.36. The highest BCUT2D eigenvalue weighted by Gasteiger charge is 2.21. The molecule has 0 aliphatic heterocycles. The molecule has 0 bridgehead atoms. The number of sulfonamides is 1. The normalized spacial score (nSPS) is 11.4. The number of halogens is 3. The zero-order valence-corrected chi connectivity index (χ0v) is 14.3. The Morgan fingerprint density at radius 3 is 2.36 bits per heavy atom. The van der Waals surface area contributed by atoms with E-state index < -0.39 is 32.5 Å². The molecule has 0 radical (unpaired) electrons. The minimum Gasteiger partial charge on any atom is -0.465 e. The van der Waals surface area contributed by atoms with Crippen molar-refractivity contribution in [3.63, 3.8) is 0 Å². The van der Waals surface area contributed by atoms with Crippen molar-refractivity contribution in [2.24, 2.45) is 0 Å². The number of nitrogens with one attached hydrogen (secondary N) is 1. The fourth-order valence-corrected chi connectivity index (χ4v) is 3.53. The maximum atomic E-state index is 13.9. The number of hydrogen-bond acceptors (Lipinski definition) is 5. The molecular formula is C15H12F3NO4S2. The van der Waals surface area contributed by atoms with Crippen LogP contribution < -0.4 is 4.72 Å². The summed E-state index contributed by atoms with van der Waals surface area (Å²) in [5.41, 5.74) is -0.0746. The smallest absolute Gasteiger partial charge is 0.337 e. The summed E-state index contributed by atoms with van der Waals surface area (Å²) >= 11 is 0.310. The van der Waals surface area contributed by atoms with Crippen molar-refractivity contribution in [2.75, 3.05) is 11.8 Å². The van der Waals surface area contributed by atoms with Crippen molar-refractivity contribution in [3.05, 3.63) is 53.8 Å². The van der Waals surface area contributed by atoms with Gasteiger partial charge in [0.05, 0.1) is 12.7 Å². The van der Waals surface area contributed by atoms with Crippen molar-refractivity contribution in [3.8, 4) is 0 Å². The molecule has 1 N–H and O–H groups in total. The van der Waals surface area contributed by atoms with Crippen LogP contribution in [-0.2, 0) is 14.8 Å². The Balaban J connectivity index is 2.28. The number of ether oxygens (including phenoxy) is 1. The molecule has 0 aromatic heterocycles. The van der Waals surface area contributed by atoms with E-state index in [1.807, 2.05) is 0 Å². The third-order valence-electron chi connectivity index (χ3n) is 2.97. The Morgan fingerprint density at radius 2 is 1.80 bits per heavy atom. The van der Waals surface area contributed by atoms with Crippen LogP contribution in [0.15, 0.2) is 52.3 Å². The lowest BCUT2D eigenvalue weighted by Crippen LogP contribution is -2.15. The standard InChI is InChI=1S/C15H12F3NO4S2/c1-23-14(20)9-2-7-12(16)13(8-9)25(21,22)19-10-3-5-11(6-4-10)24-15(17)18/h2-8,15,19H,1H3. The van der Waals surface area contributed by atoms with Crippen LogP contribution in [0, 0.1) is 5.82 Å². The van der Waals surface area contributed by atoms with E-state index in [1.165, 1.54) is 24.3 Å². The van der Waals surface area contributed by atoms with Gasteiger partial charge in [0.25, 0.3) is 15.8 Å². The van der Waals surface area contributed by atoms with E-state index in [0.717, 1.165) is 25.3 Å². The molecule has 5 nitrogen and oxygen atoms in total. The molecule has 0 spiro atoms. The lowest BCUT2D eigenvalue weighted by molar-refractivity contribution is 0.0600. The molecule has 25 heavy (non-hydrogen) atoms. The van der Waals surface area contributed by atoms with Crippen molar-refractivity contribution in [2.45, 2.75) is 15.5 Å². The van der Waals surface area contributed by atoms with Crippen LogP contribution in [-0.4, -0.2) is 27.3 Å². The van der Waals surface area contributed by atoms with Gasteiger partial charge in [0.15, 0.2) is 0 Å². The summed E-state index contributed by atoms with van der Waals surface area (Å²) in [5, 5.41) is 0. The molecule has 0 aliphatic rings. The van der Waals surface area contributed by atoms with Crippen molar-refractivity contribution in [1.82, 2.24) is 0 Å². The van der Waals surface area contributed by atoms with Gasteiger partial charge in [-0.15, -0.1) is 0 Å². The van der Waals surface area contributed by atoms with E-state index in [2.05, 4.69) is 9.46 Å². The van der Waals surface area contributed by atoms with Crippen molar-refractivity contribution >= 4 is 33.4 Å². The van der Waals surface area contributed by atoms with Crippen LogP contribution in [0.1, 0.15) is 10.4 Å². The third kappa shape index (κ3) is 4.89. The molecular weight excluding hydrogens is 379 g/mol. The number of methoxy groups -OCH3 is 1. The fourth-order valence-electron chi connectivity index (χ4n) is 1.87. The van der Waals surface area contributed by atoms with Crippen LogP contribution in [0.5, 0.6) is 0 Å². The molecule has 0 atom stereocenters. The Kier molecular flexibility index (Phi) is 5.96. The van der Waals surface area contributed by atoms with Crippen LogP contribution in [0.25, 0.3) is 0 Å². The van der Waals surface area contributed by atoms with Crippen molar-refractivity contribution in [1.29, 1.82) is 0 Å². The molecule has 0 saturated carbocycles. The molecule has 2 aromatic carbocycles. The van der Waals surface area contributed by atoms with Crippen molar-refractivity contribution < 1.29 is 31.1 Å². The maximum absolute atomic E-state index is 13.9. The Hall–Kier alpha value is -2.20. The highest BCUT2D eigenvalue weighted by molar-refractivity contribution is 7.99. The monoisotopic (exact) mass is 391 g/mol. The minimum absolute atomic E-state index is 0.0569. The van der Waals surface area contributed by atoms with Gasteiger partial charge in [-0.1, -0.05) is 11.8 Å². The van der Waals surface area contributed by atoms with E-state index in [4.69, 9.17) is 0 Å². The highest BCUT2D eigenvalue weighted by atomic mass is 32.2. The summed E-state index contributed by atoms with van der Waals surface area (Å²) in [6.07, 6.45) is 0. The van der Waals surface area contributed by atoms with Gasteiger partial charge in [-0.2, -0.15) is 8.78 Å². The number of esters is 1. The zero-order valence-electron chi connectivity index (χ0n) is 12.7. The van der Waals surface area contributed by atoms with Crippen LogP contribution in [0.2, 0.25) is 0 Å². The SMILES string of the molecule is COC(=O)c1ccc(F)c(S(=O)(=O)Nc2ccc(SC(F)F)cc2)c1. The Labute approximate surface area is 146 Å². The molecule has 2 aromatic rings. The van der Waals surface area contributed by atoms with Gasteiger partial charge >= 0.3 is 5.97 Å². The van der Waals surface area contributed by atoms with E-state index in [0.29, 0.717) is 11.8 Å². The van der Waals surface area contributed by atoms with E-state index >= 15 is 0 Å². The van der Waals surface area contributed by atoms with E-state index in [1.54, 1.807) is 0 Å². The summed E-state index contributed by atoms with van der Waals surface area (Å²) in [6.45, 7) is 0. The van der Waals surface area contributed by atoms with E-state index in [9.17, 15) is 26.4 Å². The Morgan fingerprint density at radius 1 is 1.16 bits per heavy atom. The summed E-state index contributed by atoms with van der Waals surface area (Å²) < 4.78 is 69.6. The van der Waals surface area contributed by atoms with Crippen LogP contribution >= 0.6 is 11.8 Å². The number of carbonyl (C=O) groups excluding carboxylic acids is 1. The van der Waals surface area contributed by atoms with Crippen LogP contribution in [0.3, 0.4) is 0 Å². The number of rotatable bonds is 6. The van der Waals surface area contributed by atoms with Crippen LogP contribution in [0.4, 0.5) is 18.9 Å². The molecule has 0 aliphatic carbocycles. The number of benzene rings is 2. The molecule has 134 valence electrons. The van der Waals surface area contributed by atoms with Gasteiger partial charge in [0, 0.05) is 10.6 Å². The number of anilines is 1. The van der Waals surface area contributed by atoms with E-state index in [-0.39, 0.29) is 16.1 Å². The predicted octanol–water partition coefficient (Wildman–Crippen LogP) is 3.73. The first kappa shape index (κ1) is 19.1. The lowest BCUT2D eigenvalue weighted by atomic mass is 10.2. The second kappa shape index (κ2) is 7.79. The number of thioether (sulfide) groups is 1. The quantitative estimate of drug-likeness (QED) is 0.600. The average Bonchev–Trinajstić information content (AvgIpc) is 2.55. The van der Waals surface area contributed by atoms with Gasteiger partial charge in [0.2, 0.25) is 0 Å². The van der Waals surface area contributed by atoms with Gasteiger partial charge in [-0.05, 0) is 42.5 Å². The first-order valence-corrected chi connectivity index (χ1v) is 9.05.